The highest BCUT2D eigenvalue weighted by atomic mass is 16.6. The van der Waals surface area contributed by atoms with Crippen LogP contribution in [0.15, 0.2) is 4.63 Å². The van der Waals surface area contributed by atoms with Crippen molar-refractivity contribution in [1.82, 2.24) is 15.2 Å². The monoisotopic (exact) mass is 225 g/mol. The van der Waals surface area contributed by atoms with Crippen molar-refractivity contribution in [2.75, 3.05) is 13.1 Å². The zero-order valence-corrected chi connectivity index (χ0v) is 9.94. The minimum atomic E-state index is -0.508. The molecule has 0 bridgehead atoms. The fraction of sp³-hybridized carbons (Fsp3) is 0.818. The van der Waals surface area contributed by atoms with Crippen LogP contribution in [0.4, 0.5) is 0 Å². The predicted octanol–water partition coefficient (Wildman–Crippen LogP) is 1.11. The van der Waals surface area contributed by atoms with Crippen molar-refractivity contribution in [2.45, 2.75) is 45.3 Å². The minimum Gasteiger partial charge on any atom is -0.390 e. The van der Waals surface area contributed by atoms with Gasteiger partial charge in [-0.1, -0.05) is 10.3 Å². The molecule has 1 unspecified atom stereocenters. The molecule has 0 radical (unpaired) electrons. The van der Waals surface area contributed by atoms with Crippen LogP contribution >= 0.6 is 0 Å². The van der Waals surface area contributed by atoms with Gasteiger partial charge in [-0.3, -0.25) is 4.90 Å². The molecule has 0 amide bonds. The fourth-order valence-electron chi connectivity index (χ4n) is 2.08. The number of aromatic nitrogens is 2. The second kappa shape index (κ2) is 4.51. The Hall–Kier alpha value is -0.940. The summed E-state index contributed by atoms with van der Waals surface area (Å²) in [6.07, 6.45) is 2.72. The van der Waals surface area contributed by atoms with Gasteiger partial charge in [0.15, 0.2) is 0 Å². The van der Waals surface area contributed by atoms with Gasteiger partial charge in [0.2, 0.25) is 0 Å². The largest absolute Gasteiger partial charge is 0.390 e. The summed E-state index contributed by atoms with van der Waals surface area (Å²) in [5.74, 6) is 0. The summed E-state index contributed by atoms with van der Waals surface area (Å²) in [6, 6.07) is 0. The first-order chi connectivity index (χ1) is 7.57. The molecule has 1 fully saturated rings. The number of aryl methyl sites for hydroxylation is 1. The third-order valence-electron chi connectivity index (χ3n) is 3.28. The normalized spacial score (nSPS) is 27.9. The average Bonchev–Trinajstić information content (AvgIpc) is 2.52. The number of hydrogen-bond acceptors (Lipinski definition) is 5. The molecule has 0 aliphatic carbocycles. The molecule has 0 aromatic carbocycles. The first-order valence-electron chi connectivity index (χ1n) is 5.80. The number of rotatable bonds is 2. The molecule has 1 aliphatic rings. The maximum absolute atomic E-state index is 9.98. The Kier molecular flexibility index (Phi) is 3.25. The lowest BCUT2D eigenvalue weighted by molar-refractivity contribution is 0.0443. The van der Waals surface area contributed by atoms with E-state index >= 15 is 0 Å². The highest BCUT2D eigenvalue weighted by molar-refractivity contribution is 5.04. The molecular formula is C11H19N3O2. The van der Waals surface area contributed by atoms with E-state index in [2.05, 4.69) is 19.8 Å². The molecule has 1 aliphatic heterocycles. The van der Waals surface area contributed by atoms with Crippen LogP contribution in [-0.4, -0.2) is 39.0 Å². The lowest BCUT2D eigenvalue weighted by atomic mass is 9.98. The fourth-order valence-corrected chi connectivity index (χ4v) is 2.08. The Morgan fingerprint density at radius 2 is 2.19 bits per heavy atom. The zero-order valence-electron chi connectivity index (χ0n) is 9.94. The molecular weight excluding hydrogens is 206 g/mol. The predicted molar refractivity (Wildman–Crippen MR) is 58.8 cm³/mol. The van der Waals surface area contributed by atoms with Gasteiger partial charge in [0, 0.05) is 13.1 Å². The summed E-state index contributed by atoms with van der Waals surface area (Å²) >= 11 is 0. The third kappa shape index (κ3) is 2.80. The van der Waals surface area contributed by atoms with E-state index in [4.69, 9.17) is 0 Å². The molecule has 90 valence electrons. The molecule has 5 nitrogen and oxygen atoms in total. The first-order valence-corrected chi connectivity index (χ1v) is 5.80. The molecule has 1 N–H and O–H groups in total. The van der Waals surface area contributed by atoms with Gasteiger partial charge in [-0.25, -0.2) is 4.63 Å². The SMILES string of the molecule is Cc1nonc1CN1CCCC(C)(O)CC1. The van der Waals surface area contributed by atoms with E-state index in [0.717, 1.165) is 50.3 Å². The molecule has 2 rings (SSSR count). The zero-order chi connectivity index (χ0) is 11.6. The summed E-state index contributed by atoms with van der Waals surface area (Å²) in [4.78, 5) is 2.30. The maximum Gasteiger partial charge on any atom is 0.122 e. The Morgan fingerprint density at radius 1 is 1.38 bits per heavy atom. The van der Waals surface area contributed by atoms with Crippen LogP contribution in [0.5, 0.6) is 0 Å². The van der Waals surface area contributed by atoms with Crippen LogP contribution in [-0.2, 0) is 6.54 Å². The topological polar surface area (TPSA) is 62.4 Å². The van der Waals surface area contributed by atoms with Crippen LogP contribution in [0.25, 0.3) is 0 Å². The second-order valence-corrected chi connectivity index (χ2v) is 4.92. The van der Waals surface area contributed by atoms with Gasteiger partial charge in [0.1, 0.15) is 11.4 Å². The highest BCUT2D eigenvalue weighted by Gasteiger charge is 2.25. The van der Waals surface area contributed by atoms with Crippen molar-refractivity contribution in [3.05, 3.63) is 11.4 Å². The molecule has 0 spiro atoms. The Morgan fingerprint density at radius 3 is 2.88 bits per heavy atom. The van der Waals surface area contributed by atoms with Crippen molar-refractivity contribution < 1.29 is 9.74 Å². The van der Waals surface area contributed by atoms with Crippen LogP contribution in [0.3, 0.4) is 0 Å². The van der Waals surface area contributed by atoms with Gasteiger partial charge in [-0.15, -0.1) is 0 Å². The first kappa shape index (κ1) is 11.5. The Balaban J connectivity index is 1.94. The molecule has 1 aromatic heterocycles. The summed E-state index contributed by atoms with van der Waals surface area (Å²) in [5, 5.41) is 17.6. The van der Waals surface area contributed by atoms with E-state index < -0.39 is 5.60 Å². The number of likely N-dealkylation sites (tertiary alicyclic amines) is 1. The smallest absolute Gasteiger partial charge is 0.122 e. The summed E-state index contributed by atoms with van der Waals surface area (Å²) in [7, 11) is 0. The van der Waals surface area contributed by atoms with Gasteiger partial charge in [0.25, 0.3) is 0 Å². The quantitative estimate of drug-likeness (QED) is 0.817. The Bertz CT molecular complexity index is 349. The van der Waals surface area contributed by atoms with Gasteiger partial charge in [0.05, 0.1) is 5.60 Å². The summed E-state index contributed by atoms with van der Waals surface area (Å²) in [6.45, 7) is 6.49. The summed E-state index contributed by atoms with van der Waals surface area (Å²) < 4.78 is 4.68. The second-order valence-electron chi connectivity index (χ2n) is 4.92. The van der Waals surface area contributed by atoms with Crippen LogP contribution in [0.1, 0.15) is 37.6 Å². The summed E-state index contributed by atoms with van der Waals surface area (Å²) in [5.41, 5.74) is 1.25. The maximum atomic E-state index is 9.98. The third-order valence-corrected chi connectivity index (χ3v) is 3.28. The van der Waals surface area contributed by atoms with Crippen molar-refractivity contribution >= 4 is 0 Å². The average molecular weight is 225 g/mol. The number of hydrogen-bond donors (Lipinski definition) is 1. The highest BCUT2D eigenvalue weighted by Crippen LogP contribution is 2.22. The van der Waals surface area contributed by atoms with Crippen molar-refractivity contribution in [2.24, 2.45) is 0 Å². The van der Waals surface area contributed by atoms with E-state index in [0.29, 0.717) is 0 Å². The van der Waals surface area contributed by atoms with Gasteiger partial charge < -0.3 is 5.11 Å². The molecule has 1 saturated heterocycles. The van der Waals surface area contributed by atoms with Crippen LogP contribution < -0.4 is 0 Å². The lowest BCUT2D eigenvalue weighted by Crippen LogP contribution is -2.28. The van der Waals surface area contributed by atoms with E-state index in [1.807, 2.05) is 13.8 Å². The van der Waals surface area contributed by atoms with E-state index in [9.17, 15) is 5.11 Å². The molecule has 0 saturated carbocycles. The standard InChI is InChI=1S/C11H19N3O2/c1-9-10(13-16-12-9)8-14-6-3-4-11(2,15)5-7-14/h15H,3-8H2,1-2H3. The minimum absolute atomic E-state index is 0.508. The van der Waals surface area contributed by atoms with Crippen molar-refractivity contribution in [1.29, 1.82) is 0 Å². The molecule has 5 heteroatoms. The van der Waals surface area contributed by atoms with Crippen molar-refractivity contribution in [3.8, 4) is 0 Å². The Labute approximate surface area is 95.4 Å². The number of aliphatic hydroxyl groups is 1. The molecule has 2 heterocycles. The van der Waals surface area contributed by atoms with Gasteiger partial charge in [-0.05, 0) is 39.7 Å². The van der Waals surface area contributed by atoms with Gasteiger partial charge in [-0.2, -0.15) is 0 Å². The van der Waals surface area contributed by atoms with Crippen LogP contribution in [0.2, 0.25) is 0 Å². The van der Waals surface area contributed by atoms with Crippen molar-refractivity contribution in [3.63, 3.8) is 0 Å². The number of nitrogens with zero attached hydrogens (tertiary/aromatic N) is 3. The lowest BCUT2D eigenvalue weighted by Gasteiger charge is -2.21. The molecule has 1 aromatic rings. The molecule has 1 atom stereocenters. The van der Waals surface area contributed by atoms with Gasteiger partial charge >= 0.3 is 0 Å². The van der Waals surface area contributed by atoms with E-state index in [1.54, 1.807) is 0 Å². The van der Waals surface area contributed by atoms with Crippen LogP contribution in [0, 0.1) is 6.92 Å². The van der Waals surface area contributed by atoms with E-state index in [-0.39, 0.29) is 0 Å². The van der Waals surface area contributed by atoms with E-state index in [1.165, 1.54) is 0 Å². The molecule has 16 heavy (non-hydrogen) atoms.